The van der Waals surface area contributed by atoms with Gasteiger partial charge in [-0.25, -0.2) is 0 Å². The molecule has 1 rings (SSSR count). The monoisotopic (exact) mass is 358 g/mol. The smallest absolute Gasteiger partial charge is 0.0713 e. The minimum Gasteiger partial charge on any atom is -0.0713 e. The quantitative estimate of drug-likeness (QED) is 0.573. The zero-order valence-electron chi connectivity index (χ0n) is 10.4. The maximum Gasteiger partial charge on any atom is 0.245 e. The van der Waals surface area contributed by atoms with Gasteiger partial charge >= 0.3 is 0 Å². The van der Waals surface area contributed by atoms with Gasteiger partial charge in [-0.1, -0.05) is 73.8 Å². The highest BCUT2D eigenvalue weighted by molar-refractivity contribution is 9.11. The molecule has 0 nitrogen and oxygen atoms in total. The summed E-state index contributed by atoms with van der Waals surface area (Å²) in [5.41, 5.74) is 4.43. The van der Waals surface area contributed by atoms with Gasteiger partial charge in [-0.3, -0.25) is 0 Å². The molecule has 0 heterocycles. The second kappa shape index (κ2) is 8.63. The minimum absolute atomic E-state index is 1.15. The van der Waals surface area contributed by atoms with Crippen LogP contribution in [0.25, 0.3) is 0 Å². The first-order valence-electron chi connectivity index (χ1n) is 5.67. The SMILES string of the molecule is CCc1cc(CC)cc(CC)c1.ClC(Cl)(Cl)Br. The third-order valence-electron chi connectivity index (χ3n) is 2.34. The highest BCUT2D eigenvalue weighted by atomic mass is 79.9. The Morgan fingerprint density at radius 2 is 1.00 bits per heavy atom. The van der Waals surface area contributed by atoms with E-state index in [-0.39, 0.29) is 0 Å². The Labute approximate surface area is 128 Å². The molecule has 0 unspecified atom stereocenters. The Balaban J connectivity index is 0.000000437. The van der Waals surface area contributed by atoms with Gasteiger partial charge in [-0.2, -0.15) is 0 Å². The largest absolute Gasteiger partial charge is 0.245 e. The first-order valence-corrected chi connectivity index (χ1v) is 7.60. The third kappa shape index (κ3) is 10.2. The maximum atomic E-state index is 4.98. The number of benzene rings is 1. The van der Waals surface area contributed by atoms with E-state index in [2.05, 4.69) is 54.9 Å². The molecule has 4 heteroatoms. The summed E-state index contributed by atoms with van der Waals surface area (Å²) < 4.78 is -1.27. The van der Waals surface area contributed by atoms with Crippen LogP contribution in [0.2, 0.25) is 0 Å². The van der Waals surface area contributed by atoms with Gasteiger partial charge < -0.3 is 0 Å². The lowest BCUT2D eigenvalue weighted by Gasteiger charge is -2.05. The Morgan fingerprint density at radius 3 is 1.12 bits per heavy atom. The van der Waals surface area contributed by atoms with Crippen molar-refractivity contribution in [1.29, 1.82) is 0 Å². The maximum absolute atomic E-state index is 4.98. The summed E-state index contributed by atoms with van der Waals surface area (Å²) in [4.78, 5) is 0. The summed E-state index contributed by atoms with van der Waals surface area (Å²) >= 11 is 17.6. The van der Waals surface area contributed by atoms with Crippen LogP contribution in [0.3, 0.4) is 0 Å². The molecule has 0 aliphatic heterocycles. The molecule has 0 saturated heterocycles. The van der Waals surface area contributed by atoms with Crippen molar-refractivity contribution in [2.75, 3.05) is 0 Å². The fourth-order valence-electron chi connectivity index (χ4n) is 1.45. The topological polar surface area (TPSA) is 0 Å². The molecule has 0 aromatic heterocycles. The van der Waals surface area contributed by atoms with E-state index < -0.39 is 2.70 Å². The van der Waals surface area contributed by atoms with Gasteiger partial charge in [0.05, 0.1) is 0 Å². The normalized spacial score (nSPS) is 10.8. The van der Waals surface area contributed by atoms with Crippen molar-refractivity contribution in [3.05, 3.63) is 34.9 Å². The van der Waals surface area contributed by atoms with E-state index in [1.165, 1.54) is 16.7 Å². The van der Waals surface area contributed by atoms with E-state index in [1.54, 1.807) is 0 Å². The highest BCUT2D eigenvalue weighted by Gasteiger charge is 2.10. The molecule has 0 bridgehead atoms. The molecular formula is C13H18BrCl3. The number of halogens is 4. The Kier molecular flexibility index (Phi) is 8.92. The van der Waals surface area contributed by atoms with Crippen LogP contribution in [0.4, 0.5) is 0 Å². The average molecular weight is 361 g/mol. The third-order valence-corrected chi connectivity index (χ3v) is 2.34. The summed E-state index contributed by atoms with van der Waals surface area (Å²) in [7, 11) is 0. The Morgan fingerprint density at radius 1 is 0.824 bits per heavy atom. The molecule has 0 amide bonds. The molecule has 0 aliphatic rings. The predicted octanol–water partition coefficient (Wildman–Crippen LogP) is 6.08. The zero-order valence-corrected chi connectivity index (χ0v) is 14.2. The lowest BCUT2D eigenvalue weighted by Crippen LogP contribution is -1.90. The van der Waals surface area contributed by atoms with Crippen LogP contribution < -0.4 is 0 Å². The van der Waals surface area contributed by atoms with E-state index in [1.807, 2.05) is 0 Å². The molecule has 1 aromatic carbocycles. The molecule has 98 valence electrons. The van der Waals surface area contributed by atoms with Crippen molar-refractivity contribution < 1.29 is 0 Å². The molecule has 1 aromatic rings. The van der Waals surface area contributed by atoms with Gasteiger partial charge in [0, 0.05) is 0 Å². The minimum atomic E-state index is -1.27. The number of aryl methyl sites for hydroxylation is 3. The van der Waals surface area contributed by atoms with Crippen LogP contribution >= 0.6 is 50.7 Å². The first kappa shape index (κ1) is 17.6. The van der Waals surface area contributed by atoms with Crippen molar-refractivity contribution in [2.45, 2.75) is 42.7 Å². The highest BCUT2D eigenvalue weighted by Crippen LogP contribution is 2.32. The first-order chi connectivity index (χ1) is 7.80. The number of hydrogen-bond acceptors (Lipinski definition) is 0. The summed E-state index contributed by atoms with van der Waals surface area (Å²) in [6.07, 6.45) is 3.46. The van der Waals surface area contributed by atoms with Crippen LogP contribution in [0.5, 0.6) is 0 Å². The van der Waals surface area contributed by atoms with Crippen molar-refractivity contribution in [2.24, 2.45) is 0 Å². The molecule has 0 saturated carbocycles. The second-order valence-corrected chi connectivity index (χ2v) is 8.49. The van der Waals surface area contributed by atoms with Gasteiger partial charge in [-0.05, 0) is 51.9 Å². The van der Waals surface area contributed by atoms with Crippen LogP contribution in [0.15, 0.2) is 18.2 Å². The molecular weight excluding hydrogens is 342 g/mol. The number of hydrogen-bond donors (Lipinski definition) is 0. The fourth-order valence-corrected chi connectivity index (χ4v) is 1.45. The lowest BCUT2D eigenvalue weighted by molar-refractivity contribution is 1.04. The van der Waals surface area contributed by atoms with E-state index in [9.17, 15) is 0 Å². The van der Waals surface area contributed by atoms with Gasteiger partial charge in [0.15, 0.2) is 0 Å². The molecule has 17 heavy (non-hydrogen) atoms. The van der Waals surface area contributed by atoms with E-state index in [4.69, 9.17) is 34.8 Å². The van der Waals surface area contributed by atoms with Crippen molar-refractivity contribution in [1.82, 2.24) is 0 Å². The second-order valence-electron chi connectivity index (χ2n) is 3.65. The van der Waals surface area contributed by atoms with Gasteiger partial charge in [0.2, 0.25) is 2.70 Å². The molecule has 0 aliphatic carbocycles. The molecule has 0 N–H and O–H groups in total. The van der Waals surface area contributed by atoms with Crippen LogP contribution in [0.1, 0.15) is 37.5 Å². The number of rotatable bonds is 3. The standard InChI is InChI=1S/C12H18.CBrCl3/c1-4-10-7-11(5-2)9-12(6-3)8-10;2-1(3,4)5/h7-9H,4-6H2,1-3H3;. The van der Waals surface area contributed by atoms with Crippen LogP contribution in [-0.4, -0.2) is 2.70 Å². The predicted molar refractivity (Wildman–Crippen MR) is 83.8 cm³/mol. The summed E-state index contributed by atoms with van der Waals surface area (Å²) in [5, 5.41) is 0. The number of alkyl halides is 4. The fraction of sp³-hybridized carbons (Fsp3) is 0.538. The van der Waals surface area contributed by atoms with Crippen LogP contribution in [-0.2, 0) is 19.3 Å². The summed E-state index contributed by atoms with van der Waals surface area (Å²) in [6, 6.07) is 6.96. The van der Waals surface area contributed by atoms with E-state index in [0.29, 0.717) is 0 Å². The summed E-state index contributed by atoms with van der Waals surface area (Å²) in [6.45, 7) is 6.65. The molecule has 0 atom stereocenters. The molecule has 0 spiro atoms. The van der Waals surface area contributed by atoms with Gasteiger partial charge in [0.25, 0.3) is 0 Å². The Hall–Kier alpha value is 0.570. The van der Waals surface area contributed by atoms with Gasteiger partial charge in [-0.15, -0.1) is 0 Å². The van der Waals surface area contributed by atoms with Crippen molar-refractivity contribution >= 4 is 50.7 Å². The molecule has 0 fully saturated rings. The van der Waals surface area contributed by atoms with E-state index >= 15 is 0 Å². The van der Waals surface area contributed by atoms with Gasteiger partial charge in [0.1, 0.15) is 0 Å². The summed E-state index contributed by atoms with van der Waals surface area (Å²) in [5.74, 6) is 0. The average Bonchev–Trinajstić information content (AvgIpc) is 2.26. The zero-order chi connectivity index (χ0) is 13.5. The van der Waals surface area contributed by atoms with E-state index in [0.717, 1.165) is 19.3 Å². The molecule has 0 radical (unpaired) electrons. The Bertz CT molecular complexity index is 271. The van der Waals surface area contributed by atoms with Crippen LogP contribution in [0, 0.1) is 0 Å². The van der Waals surface area contributed by atoms with Crippen molar-refractivity contribution in [3.63, 3.8) is 0 Å². The lowest BCUT2D eigenvalue weighted by atomic mass is 10.0. The van der Waals surface area contributed by atoms with Crippen molar-refractivity contribution in [3.8, 4) is 0 Å².